The maximum atomic E-state index is 6.78. The van der Waals surface area contributed by atoms with Gasteiger partial charge >= 0.3 is 0 Å². The van der Waals surface area contributed by atoms with Crippen molar-refractivity contribution < 1.29 is 4.74 Å². The third-order valence-corrected chi connectivity index (χ3v) is 2.19. The number of ether oxygens (including phenoxy) is 1. The molecule has 0 aliphatic heterocycles. The maximum absolute atomic E-state index is 6.78. The monoisotopic (exact) mass is 196 g/mol. The van der Waals surface area contributed by atoms with Crippen LogP contribution in [-0.2, 0) is 11.3 Å². The molecule has 0 aliphatic rings. The van der Waals surface area contributed by atoms with Crippen molar-refractivity contribution in [1.82, 2.24) is 4.98 Å². The number of hydrogen-bond acceptors (Lipinski definition) is 2. The molecule has 0 amide bonds. The lowest BCUT2D eigenvalue weighted by Gasteiger charge is -2.06. The third kappa shape index (κ3) is 2.22. The first kappa shape index (κ1) is 9.87. The van der Waals surface area contributed by atoms with Crippen molar-refractivity contribution in [3.05, 3.63) is 61.3 Å². The lowest BCUT2D eigenvalue weighted by Crippen LogP contribution is -1.92. The van der Waals surface area contributed by atoms with Crippen molar-refractivity contribution in [2.75, 3.05) is 0 Å². The van der Waals surface area contributed by atoms with Crippen LogP contribution < -0.4 is 0 Å². The minimum absolute atomic E-state index is 0.284. The van der Waals surface area contributed by atoms with Crippen LogP contribution in [0.4, 0.5) is 0 Å². The summed E-state index contributed by atoms with van der Waals surface area (Å²) in [4.78, 5) is 4.28. The fourth-order valence-electron chi connectivity index (χ4n) is 1.50. The average Bonchev–Trinajstić information content (AvgIpc) is 2.31. The van der Waals surface area contributed by atoms with Crippen molar-refractivity contribution in [3.63, 3.8) is 0 Å². The Morgan fingerprint density at radius 3 is 2.60 bits per heavy atom. The summed E-state index contributed by atoms with van der Waals surface area (Å²) >= 11 is 0. The van der Waals surface area contributed by atoms with E-state index in [1.165, 1.54) is 0 Å². The molecule has 0 aliphatic carbocycles. The van der Waals surface area contributed by atoms with E-state index in [4.69, 9.17) is 7.11 Å². The van der Waals surface area contributed by atoms with Gasteiger partial charge in [-0.25, -0.2) is 0 Å². The molecule has 0 bridgehead atoms. The SMILES string of the molecule is [C]OCc1ccccc1-c1ccccn1. The van der Waals surface area contributed by atoms with Crippen LogP contribution >= 0.6 is 0 Å². The van der Waals surface area contributed by atoms with E-state index in [1.807, 2.05) is 42.5 Å². The van der Waals surface area contributed by atoms with E-state index in [2.05, 4.69) is 9.72 Å². The second kappa shape index (κ2) is 4.71. The van der Waals surface area contributed by atoms with Crippen molar-refractivity contribution in [2.24, 2.45) is 0 Å². The molecule has 2 nitrogen and oxygen atoms in total. The molecular weight excluding hydrogens is 186 g/mol. The van der Waals surface area contributed by atoms with Crippen LogP contribution in [0.15, 0.2) is 48.7 Å². The molecule has 0 fully saturated rings. The Kier molecular flexibility index (Phi) is 3.10. The van der Waals surface area contributed by atoms with Crippen LogP contribution in [-0.4, -0.2) is 4.98 Å². The van der Waals surface area contributed by atoms with Crippen LogP contribution in [0, 0.1) is 7.11 Å². The van der Waals surface area contributed by atoms with E-state index in [0.29, 0.717) is 0 Å². The summed E-state index contributed by atoms with van der Waals surface area (Å²) in [7, 11) is 6.78. The summed E-state index contributed by atoms with van der Waals surface area (Å²) in [5, 5.41) is 0. The molecule has 0 unspecified atom stereocenters. The van der Waals surface area contributed by atoms with Crippen LogP contribution in [0.2, 0.25) is 0 Å². The summed E-state index contributed by atoms with van der Waals surface area (Å²) < 4.78 is 4.41. The molecule has 2 aromatic rings. The molecule has 1 heterocycles. The molecule has 2 rings (SSSR count). The molecule has 0 saturated heterocycles. The van der Waals surface area contributed by atoms with Gasteiger partial charge in [0.2, 0.25) is 0 Å². The van der Waals surface area contributed by atoms with E-state index in [1.54, 1.807) is 6.20 Å². The van der Waals surface area contributed by atoms with Crippen molar-refractivity contribution in [3.8, 4) is 11.3 Å². The standard InChI is InChI=1S/C13H10NO/c1-15-10-11-6-2-3-7-12(11)13-8-4-5-9-14-13/h2-9H,10H2. The summed E-state index contributed by atoms with van der Waals surface area (Å²) in [6, 6.07) is 13.6. The minimum Gasteiger partial charge on any atom is -0.360 e. The van der Waals surface area contributed by atoms with Gasteiger partial charge < -0.3 is 4.74 Å². The van der Waals surface area contributed by atoms with Crippen LogP contribution in [0.1, 0.15) is 5.56 Å². The van der Waals surface area contributed by atoms with Gasteiger partial charge in [0.1, 0.15) is 0 Å². The highest BCUT2D eigenvalue weighted by Gasteiger charge is 2.04. The van der Waals surface area contributed by atoms with Gasteiger partial charge in [0.25, 0.3) is 0 Å². The zero-order valence-corrected chi connectivity index (χ0v) is 8.18. The van der Waals surface area contributed by atoms with E-state index >= 15 is 0 Å². The lowest BCUT2D eigenvalue weighted by molar-refractivity contribution is 0.229. The fraction of sp³-hybridized carbons (Fsp3) is 0.0769. The first-order valence-electron chi connectivity index (χ1n) is 4.69. The van der Waals surface area contributed by atoms with Crippen molar-refractivity contribution in [2.45, 2.75) is 6.61 Å². The van der Waals surface area contributed by atoms with Gasteiger partial charge in [-0.05, 0) is 17.7 Å². The number of pyridine rings is 1. The molecule has 0 atom stereocenters. The Labute approximate surface area is 89.6 Å². The van der Waals surface area contributed by atoms with E-state index in [-0.39, 0.29) is 6.61 Å². The largest absolute Gasteiger partial charge is 0.360 e. The highest BCUT2D eigenvalue weighted by molar-refractivity contribution is 5.63. The highest BCUT2D eigenvalue weighted by atomic mass is 16.5. The second-order valence-electron chi connectivity index (χ2n) is 3.16. The zero-order chi connectivity index (χ0) is 10.5. The topological polar surface area (TPSA) is 22.1 Å². The van der Waals surface area contributed by atoms with E-state index in [0.717, 1.165) is 16.8 Å². The van der Waals surface area contributed by atoms with Crippen LogP contribution in [0.25, 0.3) is 11.3 Å². The van der Waals surface area contributed by atoms with Gasteiger partial charge in [0.05, 0.1) is 12.3 Å². The molecule has 3 radical (unpaired) electrons. The molecule has 0 saturated carbocycles. The summed E-state index contributed by atoms with van der Waals surface area (Å²) in [5.74, 6) is 0. The second-order valence-corrected chi connectivity index (χ2v) is 3.16. The van der Waals surface area contributed by atoms with Gasteiger partial charge in [-0.3, -0.25) is 4.98 Å². The Morgan fingerprint density at radius 1 is 1.07 bits per heavy atom. The molecule has 2 heteroatoms. The molecule has 1 aromatic carbocycles. The maximum Gasteiger partial charge on any atom is 0.174 e. The third-order valence-electron chi connectivity index (χ3n) is 2.19. The Hall–Kier alpha value is -1.67. The first-order chi connectivity index (χ1) is 7.42. The lowest BCUT2D eigenvalue weighted by atomic mass is 10.0. The number of hydrogen-bond donors (Lipinski definition) is 0. The first-order valence-corrected chi connectivity index (χ1v) is 4.69. The van der Waals surface area contributed by atoms with Gasteiger partial charge in [-0.15, -0.1) is 0 Å². The number of aromatic nitrogens is 1. The molecule has 73 valence electrons. The summed E-state index contributed by atoms with van der Waals surface area (Å²) in [5.41, 5.74) is 2.90. The normalized spacial score (nSPS) is 10.2. The highest BCUT2D eigenvalue weighted by Crippen LogP contribution is 2.21. The molecule has 0 spiro atoms. The van der Waals surface area contributed by atoms with Gasteiger partial charge in [0.15, 0.2) is 7.11 Å². The number of benzene rings is 1. The molecule has 0 N–H and O–H groups in total. The van der Waals surface area contributed by atoms with Gasteiger partial charge in [0, 0.05) is 11.8 Å². The fourth-order valence-corrected chi connectivity index (χ4v) is 1.50. The Bertz CT molecular complexity index is 426. The van der Waals surface area contributed by atoms with Crippen molar-refractivity contribution >= 4 is 0 Å². The average molecular weight is 196 g/mol. The zero-order valence-electron chi connectivity index (χ0n) is 8.18. The van der Waals surface area contributed by atoms with Crippen molar-refractivity contribution in [1.29, 1.82) is 0 Å². The molecular formula is C13H10NO. The van der Waals surface area contributed by atoms with Crippen LogP contribution in [0.5, 0.6) is 0 Å². The smallest absolute Gasteiger partial charge is 0.174 e. The van der Waals surface area contributed by atoms with Gasteiger partial charge in [-0.2, -0.15) is 0 Å². The predicted molar refractivity (Wildman–Crippen MR) is 57.7 cm³/mol. The predicted octanol–water partition coefficient (Wildman–Crippen LogP) is 2.81. The summed E-state index contributed by atoms with van der Waals surface area (Å²) in [6.07, 6.45) is 1.76. The van der Waals surface area contributed by atoms with E-state index < -0.39 is 0 Å². The number of rotatable bonds is 3. The Morgan fingerprint density at radius 2 is 1.87 bits per heavy atom. The molecule has 15 heavy (non-hydrogen) atoms. The van der Waals surface area contributed by atoms with E-state index in [9.17, 15) is 0 Å². The quantitative estimate of drug-likeness (QED) is 0.753. The summed E-state index contributed by atoms with van der Waals surface area (Å²) in [6.45, 7) is 0.284. The van der Waals surface area contributed by atoms with Crippen LogP contribution in [0.3, 0.4) is 0 Å². The minimum atomic E-state index is 0.284. The number of nitrogens with zero attached hydrogens (tertiary/aromatic N) is 1. The molecule has 1 aromatic heterocycles. The Balaban J connectivity index is 2.43. The van der Waals surface area contributed by atoms with Gasteiger partial charge in [-0.1, -0.05) is 30.3 Å².